The number of carbonyl (C=O) groups is 13. The van der Waals surface area contributed by atoms with Crippen molar-refractivity contribution in [2.45, 2.75) is 233 Å². The lowest BCUT2D eigenvalue weighted by molar-refractivity contribution is -0.151. The van der Waals surface area contributed by atoms with E-state index in [1.807, 2.05) is 34.6 Å². The van der Waals surface area contributed by atoms with Crippen LogP contribution >= 0.6 is 23.2 Å². The number of rotatable bonds is 22. The smallest absolute Gasteiger partial charge is 0.248 e. The number of likely N-dealkylation sites (N-methyl/N-ethyl adjacent to an activating group) is 5. The molecule has 0 aromatic heterocycles. The Morgan fingerprint density at radius 2 is 1.05 bits per heavy atom. The van der Waals surface area contributed by atoms with Gasteiger partial charge in [-0.25, -0.2) is 8.42 Å². The van der Waals surface area contributed by atoms with Crippen molar-refractivity contribution in [2.75, 3.05) is 73.4 Å². The van der Waals surface area contributed by atoms with Gasteiger partial charge < -0.3 is 66.0 Å². The van der Waals surface area contributed by atoms with Crippen LogP contribution in [0.1, 0.15) is 164 Å². The van der Waals surface area contributed by atoms with E-state index in [1.54, 1.807) is 83.1 Å². The predicted octanol–water partition coefficient (Wildman–Crippen LogP) is 4.36. The molecule has 11 atom stereocenters. The zero-order chi connectivity index (χ0) is 80.6. The van der Waals surface area contributed by atoms with E-state index in [4.69, 9.17) is 23.2 Å². The Hall–Kier alpha value is -7.76. The topological polar surface area (TPSA) is 359 Å². The second-order valence-electron chi connectivity index (χ2n) is 30.4. The first-order chi connectivity index (χ1) is 50.0. The summed E-state index contributed by atoms with van der Waals surface area (Å²) in [6, 6.07) is -1.88. The fourth-order valence-electron chi connectivity index (χ4n) is 13.6. The number of amides is 12. The largest absolute Gasteiger partial charge is 0.391 e. The molecule has 0 saturated carbocycles. The number of hydrogen-bond donors (Lipinski definition) is 6. The highest BCUT2D eigenvalue weighted by Gasteiger charge is 2.44. The Morgan fingerprint density at radius 3 is 1.54 bits per heavy atom. The van der Waals surface area contributed by atoms with E-state index >= 15 is 33.6 Å². The number of halogens is 2. The highest BCUT2D eigenvalue weighted by molar-refractivity contribution is 7.91. The van der Waals surface area contributed by atoms with Gasteiger partial charge in [0.25, 0.3) is 0 Å². The number of hydrogen-bond acceptors (Lipinski definition) is 16. The SMILES string of the molecule is CCCCN1CC(=O)N(C)[C@@H](CC(C)C)C(=O)N[C@@H](CCC(=O)CS(C)(=O)=O)C(=O)N(C)[C@@H](Cc2cccc(Cl)c2)C(=O)N(C)[C@@H](C(C)C)C(=O)N[C@H](C(=O)N2CCCCC2)CC(=O)N[C@H](CC(C)C)C(=O)N(C)[C@@H](Cc2cccc(Cl)c2)C(=O)N[C@@H](CC(C)C)C(=O)N(C)[C@@H](CC)C(=O)N[C@@H]([C@@H](C)O)C1=O. The van der Waals surface area contributed by atoms with Crippen LogP contribution in [0.3, 0.4) is 0 Å². The molecule has 0 spiro atoms. The standard InChI is InChI=1S/C76H118Cl2N12O16S/c1-18-20-32-90-43-64(94)84(12)60(37-47(7)8)68(96)80-55(31-30-54(92)44-107(17,105)106)71(99)87(15)62(41-51-27-25-29-53(78)39-51)75(103)88(16)66(48(9)10)70(98)82-58(74(102)89-33-22-21-23-34-89)42-63(93)79-56(35-45(3)4)72(100)86(14)61(40-50-26-24-28-52(77)38-50)69(97)81-57(36-46(5)6)73(101)85(13)59(19-2)67(95)83-65(49(11)91)76(90)104/h24-29,38-39,45-49,55-62,65-66,91H,18-23,30-37,40-44H2,1-17H3,(H,79,93)(H,80,96)(H,81,97)(H,82,98)(H,83,95)/t49-,55+,56-,57+,58+,59+,60+,61+,62+,65+,66+/m1/s1. The van der Waals surface area contributed by atoms with Crippen LogP contribution in [0.25, 0.3) is 0 Å². The number of Topliss-reactive ketones (excluding diaryl/α,β-unsaturated/α-hetero) is 1. The summed E-state index contributed by atoms with van der Waals surface area (Å²) in [5.41, 5.74) is 0.945. The van der Waals surface area contributed by atoms with Crippen LogP contribution in [0.5, 0.6) is 0 Å². The molecule has 0 aliphatic carbocycles. The third-order valence-electron chi connectivity index (χ3n) is 19.4. The second kappa shape index (κ2) is 42.8. The van der Waals surface area contributed by atoms with Gasteiger partial charge in [-0.1, -0.05) is 123 Å². The van der Waals surface area contributed by atoms with Gasteiger partial charge in [0.15, 0.2) is 9.84 Å². The fourth-order valence-corrected chi connectivity index (χ4v) is 14.7. The Bertz CT molecular complexity index is 3560. The van der Waals surface area contributed by atoms with Gasteiger partial charge in [-0.05, 0) is 124 Å². The number of carbonyl (C=O) groups excluding carboxylic acids is 13. The second-order valence-corrected chi connectivity index (χ2v) is 33.4. The van der Waals surface area contributed by atoms with E-state index in [9.17, 15) is 42.3 Å². The molecule has 2 aliphatic heterocycles. The van der Waals surface area contributed by atoms with Crippen molar-refractivity contribution in [2.24, 2.45) is 23.7 Å². The number of benzene rings is 2. The number of piperidine rings is 1. The number of nitrogens with zero attached hydrogens (tertiary/aromatic N) is 7. The third kappa shape index (κ3) is 28.0. The summed E-state index contributed by atoms with van der Waals surface area (Å²) in [5.74, 6) is -13.3. The highest BCUT2D eigenvalue weighted by atomic mass is 35.5. The maximum absolute atomic E-state index is 15.7. The number of aliphatic hydroxyl groups is 1. The van der Waals surface area contributed by atoms with E-state index in [0.717, 1.165) is 42.1 Å². The Balaban J connectivity index is 2.05. The Morgan fingerprint density at radius 1 is 0.561 bits per heavy atom. The average molecular weight is 1560 g/mol. The van der Waals surface area contributed by atoms with Crippen molar-refractivity contribution in [3.05, 3.63) is 69.7 Å². The maximum Gasteiger partial charge on any atom is 0.248 e. The molecule has 4 rings (SSSR count). The molecule has 28 nitrogen and oxygen atoms in total. The molecule has 6 N–H and O–H groups in total. The lowest BCUT2D eigenvalue weighted by atomic mass is 9.97. The first-order valence-electron chi connectivity index (χ1n) is 37.3. The Kier molecular flexibility index (Phi) is 36.7. The maximum atomic E-state index is 15.7. The van der Waals surface area contributed by atoms with Crippen molar-refractivity contribution < 1.29 is 75.9 Å². The third-order valence-corrected chi connectivity index (χ3v) is 20.7. The van der Waals surface area contributed by atoms with Crippen LogP contribution in [-0.2, 0) is 85.0 Å². The molecule has 2 aliphatic rings. The van der Waals surface area contributed by atoms with E-state index in [0.29, 0.717) is 54.9 Å². The molecule has 0 unspecified atom stereocenters. The minimum Gasteiger partial charge on any atom is -0.391 e. The number of aliphatic hydroxyl groups excluding tert-OH is 1. The van der Waals surface area contributed by atoms with E-state index in [-0.39, 0.29) is 67.8 Å². The first-order valence-corrected chi connectivity index (χ1v) is 40.1. The number of ketones is 1. The molecule has 12 amide bonds. The predicted molar refractivity (Wildman–Crippen MR) is 408 cm³/mol. The normalized spacial score (nSPS) is 24.2. The zero-order valence-corrected chi connectivity index (χ0v) is 67.9. The van der Waals surface area contributed by atoms with Gasteiger partial charge in [0.2, 0.25) is 70.9 Å². The molecule has 2 heterocycles. The summed E-state index contributed by atoms with van der Waals surface area (Å²) < 4.78 is 24.9. The average Bonchev–Trinajstić information content (AvgIpc) is 0.818. The molecular weight excluding hydrogens is 1440 g/mol. The van der Waals surface area contributed by atoms with E-state index in [1.165, 1.54) is 47.1 Å². The zero-order valence-electron chi connectivity index (χ0n) is 65.6. The molecular formula is C76H118Cl2N12O16S. The van der Waals surface area contributed by atoms with E-state index in [2.05, 4.69) is 26.6 Å². The van der Waals surface area contributed by atoms with Crippen molar-refractivity contribution in [1.29, 1.82) is 0 Å². The molecule has 2 aromatic rings. The number of nitrogens with one attached hydrogen (secondary N) is 5. The molecule has 2 fully saturated rings. The van der Waals surface area contributed by atoms with Crippen molar-refractivity contribution in [3.63, 3.8) is 0 Å². The van der Waals surface area contributed by atoms with Crippen LogP contribution in [-0.4, -0.2) is 264 Å². The Labute approximate surface area is 642 Å². The lowest BCUT2D eigenvalue weighted by Gasteiger charge is -2.38. The van der Waals surface area contributed by atoms with Crippen LogP contribution in [0.15, 0.2) is 48.5 Å². The van der Waals surface area contributed by atoms with Crippen LogP contribution in [0.2, 0.25) is 10.0 Å². The van der Waals surface area contributed by atoms with Crippen LogP contribution in [0.4, 0.5) is 0 Å². The van der Waals surface area contributed by atoms with Crippen molar-refractivity contribution >= 4 is 110 Å². The number of sulfone groups is 1. The van der Waals surface area contributed by atoms with Gasteiger partial charge in [0.1, 0.15) is 72.0 Å². The molecule has 2 aromatic carbocycles. The summed E-state index contributed by atoms with van der Waals surface area (Å²) in [7, 11) is 2.73. The van der Waals surface area contributed by atoms with Gasteiger partial charge in [0, 0.05) is 90.4 Å². The van der Waals surface area contributed by atoms with Gasteiger partial charge >= 0.3 is 0 Å². The number of likely N-dealkylation sites (tertiary alicyclic amines) is 1. The summed E-state index contributed by atoms with van der Waals surface area (Å²) in [5, 5.41) is 25.8. The van der Waals surface area contributed by atoms with Gasteiger partial charge in [-0.2, -0.15) is 0 Å². The summed E-state index contributed by atoms with van der Waals surface area (Å²) in [6.45, 7) is 18.6. The molecule has 598 valence electrons. The molecule has 0 radical (unpaired) electrons. The molecule has 107 heavy (non-hydrogen) atoms. The first kappa shape index (κ1) is 91.6. The van der Waals surface area contributed by atoms with Crippen LogP contribution in [0, 0.1) is 23.7 Å². The molecule has 31 heteroatoms. The summed E-state index contributed by atoms with van der Waals surface area (Å²) in [4.78, 5) is 203. The fraction of sp³-hybridized carbons (Fsp3) is 0.671. The lowest BCUT2D eigenvalue weighted by Crippen LogP contribution is -2.62. The van der Waals surface area contributed by atoms with Crippen LogP contribution < -0.4 is 26.6 Å². The van der Waals surface area contributed by atoms with Crippen molar-refractivity contribution in [3.8, 4) is 0 Å². The quantitative estimate of drug-likeness (QED) is 0.0953. The molecule has 2 saturated heterocycles. The van der Waals surface area contributed by atoms with E-state index < -0.39 is 191 Å². The minimum atomic E-state index is -3.90. The van der Waals surface area contributed by atoms with Gasteiger partial charge in [-0.3, -0.25) is 62.3 Å². The summed E-state index contributed by atoms with van der Waals surface area (Å²) >= 11 is 13.0. The monoisotopic (exact) mass is 1560 g/mol. The van der Waals surface area contributed by atoms with Crippen molar-refractivity contribution in [1.82, 2.24) is 60.9 Å². The number of unbranched alkanes of at least 4 members (excludes halogenated alkanes) is 1. The van der Waals surface area contributed by atoms with Gasteiger partial charge in [0.05, 0.1) is 19.1 Å². The molecule has 0 bridgehead atoms. The van der Waals surface area contributed by atoms with Gasteiger partial charge in [-0.15, -0.1) is 0 Å². The minimum absolute atomic E-state index is 0.00764. The highest BCUT2D eigenvalue weighted by Crippen LogP contribution is 2.25. The summed E-state index contributed by atoms with van der Waals surface area (Å²) in [6.07, 6.45) is -0.162.